The standard InChI is InChI=1S/C20H21FN4O/c1-13(2)19-16(12-23-25(19)18-10-6-7-11-22-18)20(26)24-14(3)15-8-4-5-9-17(15)21/h4-14H,1-3H3,(H,24,26). The maximum atomic E-state index is 13.9. The number of halogens is 1. The number of amides is 1. The van der Waals surface area contributed by atoms with E-state index in [0.29, 0.717) is 16.9 Å². The minimum absolute atomic E-state index is 0.0593. The fraction of sp³-hybridized carbons (Fsp3) is 0.250. The minimum atomic E-state index is -0.457. The average molecular weight is 352 g/mol. The second-order valence-corrected chi connectivity index (χ2v) is 6.41. The first kappa shape index (κ1) is 17.8. The van der Waals surface area contributed by atoms with Crippen LogP contribution in [0, 0.1) is 5.82 Å². The number of pyridine rings is 1. The molecule has 1 unspecified atom stereocenters. The molecule has 0 saturated heterocycles. The maximum absolute atomic E-state index is 13.9. The normalized spacial score (nSPS) is 12.2. The summed E-state index contributed by atoms with van der Waals surface area (Å²) in [7, 11) is 0. The van der Waals surface area contributed by atoms with E-state index in [1.54, 1.807) is 36.0 Å². The second-order valence-electron chi connectivity index (χ2n) is 6.41. The molecule has 0 spiro atoms. The largest absolute Gasteiger partial charge is 0.345 e. The predicted octanol–water partition coefficient (Wildman–Crippen LogP) is 4.02. The van der Waals surface area contributed by atoms with Crippen LogP contribution < -0.4 is 5.32 Å². The van der Waals surface area contributed by atoms with E-state index < -0.39 is 6.04 Å². The lowest BCUT2D eigenvalue weighted by molar-refractivity contribution is 0.0938. The van der Waals surface area contributed by atoms with Gasteiger partial charge in [-0.25, -0.2) is 14.1 Å². The number of benzene rings is 1. The van der Waals surface area contributed by atoms with Crippen molar-refractivity contribution in [2.45, 2.75) is 32.7 Å². The molecule has 1 N–H and O–H groups in total. The van der Waals surface area contributed by atoms with Crippen molar-refractivity contribution >= 4 is 5.91 Å². The molecule has 0 saturated carbocycles. The Morgan fingerprint density at radius 1 is 1.12 bits per heavy atom. The molecular weight excluding hydrogens is 331 g/mol. The molecule has 0 radical (unpaired) electrons. The highest BCUT2D eigenvalue weighted by Gasteiger charge is 2.23. The van der Waals surface area contributed by atoms with Crippen LogP contribution in [-0.2, 0) is 0 Å². The fourth-order valence-corrected chi connectivity index (χ4v) is 2.93. The number of carbonyl (C=O) groups is 1. The van der Waals surface area contributed by atoms with E-state index in [2.05, 4.69) is 15.4 Å². The van der Waals surface area contributed by atoms with Crippen LogP contribution in [0.15, 0.2) is 54.9 Å². The summed E-state index contributed by atoms with van der Waals surface area (Å²) in [5.41, 5.74) is 1.68. The lowest BCUT2D eigenvalue weighted by atomic mass is 10.0. The molecule has 1 atom stereocenters. The SMILES string of the molecule is CC(C)c1c(C(=O)NC(C)c2ccccc2F)cnn1-c1ccccn1. The van der Waals surface area contributed by atoms with Crippen LogP contribution in [-0.4, -0.2) is 20.7 Å². The third-order valence-corrected chi connectivity index (χ3v) is 4.18. The Bertz CT molecular complexity index is 905. The van der Waals surface area contributed by atoms with Crippen molar-refractivity contribution in [3.63, 3.8) is 0 Å². The number of hydrogen-bond acceptors (Lipinski definition) is 3. The molecule has 5 nitrogen and oxygen atoms in total. The quantitative estimate of drug-likeness (QED) is 0.754. The fourth-order valence-electron chi connectivity index (χ4n) is 2.93. The Hall–Kier alpha value is -3.02. The Kier molecular flexibility index (Phi) is 5.11. The van der Waals surface area contributed by atoms with Crippen molar-refractivity contribution < 1.29 is 9.18 Å². The maximum Gasteiger partial charge on any atom is 0.255 e. The van der Waals surface area contributed by atoms with Gasteiger partial charge in [0.15, 0.2) is 5.82 Å². The molecule has 2 heterocycles. The van der Waals surface area contributed by atoms with Gasteiger partial charge in [-0.15, -0.1) is 0 Å². The van der Waals surface area contributed by atoms with Crippen LogP contribution in [0.5, 0.6) is 0 Å². The Balaban J connectivity index is 1.90. The van der Waals surface area contributed by atoms with Crippen molar-refractivity contribution in [1.82, 2.24) is 20.1 Å². The highest BCUT2D eigenvalue weighted by Crippen LogP contribution is 2.23. The van der Waals surface area contributed by atoms with Crippen LogP contribution in [0.3, 0.4) is 0 Å². The van der Waals surface area contributed by atoms with Crippen molar-refractivity contribution in [1.29, 1.82) is 0 Å². The van der Waals surface area contributed by atoms with Crippen molar-refractivity contribution in [2.75, 3.05) is 0 Å². The van der Waals surface area contributed by atoms with Gasteiger partial charge in [0.2, 0.25) is 0 Å². The van der Waals surface area contributed by atoms with Gasteiger partial charge in [-0.05, 0) is 31.0 Å². The second kappa shape index (κ2) is 7.47. The van der Waals surface area contributed by atoms with Crippen molar-refractivity contribution in [3.05, 3.63) is 77.5 Å². The smallest absolute Gasteiger partial charge is 0.255 e. The number of nitrogens with zero attached hydrogens (tertiary/aromatic N) is 3. The van der Waals surface area contributed by atoms with Gasteiger partial charge in [0.25, 0.3) is 5.91 Å². The first-order valence-electron chi connectivity index (χ1n) is 8.53. The average Bonchev–Trinajstić information content (AvgIpc) is 3.08. The predicted molar refractivity (Wildman–Crippen MR) is 97.7 cm³/mol. The van der Waals surface area contributed by atoms with Gasteiger partial charge in [-0.1, -0.05) is 38.1 Å². The number of aromatic nitrogens is 3. The molecule has 3 rings (SSSR count). The minimum Gasteiger partial charge on any atom is -0.345 e. The summed E-state index contributed by atoms with van der Waals surface area (Å²) >= 11 is 0. The van der Waals surface area contributed by atoms with Crippen LogP contribution in [0.1, 0.15) is 54.3 Å². The molecular formula is C20H21FN4O. The summed E-state index contributed by atoms with van der Waals surface area (Å²) in [4.78, 5) is 17.1. The monoisotopic (exact) mass is 352 g/mol. The number of hydrogen-bond donors (Lipinski definition) is 1. The summed E-state index contributed by atoms with van der Waals surface area (Å²) < 4.78 is 15.6. The highest BCUT2D eigenvalue weighted by molar-refractivity contribution is 5.95. The molecule has 0 fully saturated rings. The van der Waals surface area contributed by atoms with E-state index in [9.17, 15) is 9.18 Å². The Labute approximate surface area is 151 Å². The van der Waals surface area contributed by atoms with Gasteiger partial charge in [0.1, 0.15) is 5.82 Å². The van der Waals surface area contributed by atoms with Gasteiger partial charge in [0.05, 0.1) is 23.5 Å². The molecule has 3 aromatic rings. The van der Waals surface area contributed by atoms with E-state index in [1.165, 1.54) is 12.3 Å². The molecule has 6 heteroatoms. The van der Waals surface area contributed by atoms with Gasteiger partial charge >= 0.3 is 0 Å². The zero-order chi connectivity index (χ0) is 18.7. The Morgan fingerprint density at radius 3 is 2.50 bits per heavy atom. The van der Waals surface area contributed by atoms with Crippen LogP contribution in [0.2, 0.25) is 0 Å². The highest BCUT2D eigenvalue weighted by atomic mass is 19.1. The third kappa shape index (κ3) is 3.49. The van der Waals surface area contributed by atoms with Gasteiger partial charge < -0.3 is 5.32 Å². The summed E-state index contributed by atoms with van der Waals surface area (Å²) in [6.07, 6.45) is 3.22. The van der Waals surface area contributed by atoms with Gasteiger partial charge in [-0.2, -0.15) is 5.10 Å². The summed E-state index contributed by atoms with van der Waals surface area (Å²) in [6.45, 7) is 5.75. The molecule has 26 heavy (non-hydrogen) atoms. The molecule has 0 bridgehead atoms. The van der Waals surface area contributed by atoms with E-state index in [4.69, 9.17) is 0 Å². The van der Waals surface area contributed by atoms with Gasteiger partial charge in [-0.3, -0.25) is 4.79 Å². The number of nitrogens with one attached hydrogen (secondary N) is 1. The van der Waals surface area contributed by atoms with E-state index in [-0.39, 0.29) is 17.6 Å². The van der Waals surface area contributed by atoms with E-state index in [1.807, 2.05) is 32.0 Å². The van der Waals surface area contributed by atoms with Crippen LogP contribution in [0.4, 0.5) is 4.39 Å². The lowest BCUT2D eigenvalue weighted by Crippen LogP contribution is -2.28. The topological polar surface area (TPSA) is 59.8 Å². The number of carbonyl (C=O) groups excluding carboxylic acids is 1. The van der Waals surface area contributed by atoms with Crippen molar-refractivity contribution in [3.8, 4) is 5.82 Å². The van der Waals surface area contributed by atoms with Crippen molar-refractivity contribution in [2.24, 2.45) is 0 Å². The molecule has 1 aromatic carbocycles. The molecule has 1 amide bonds. The Morgan fingerprint density at radius 2 is 1.85 bits per heavy atom. The molecule has 0 aliphatic carbocycles. The molecule has 0 aliphatic heterocycles. The van der Waals surface area contributed by atoms with E-state index >= 15 is 0 Å². The van der Waals surface area contributed by atoms with Crippen LogP contribution in [0.25, 0.3) is 5.82 Å². The van der Waals surface area contributed by atoms with Crippen LogP contribution >= 0.6 is 0 Å². The lowest BCUT2D eigenvalue weighted by Gasteiger charge is -2.16. The first-order valence-corrected chi connectivity index (χ1v) is 8.53. The molecule has 134 valence electrons. The molecule has 2 aromatic heterocycles. The summed E-state index contributed by atoms with van der Waals surface area (Å²) in [5, 5.41) is 7.21. The number of rotatable bonds is 5. The van der Waals surface area contributed by atoms with E-state index in [0.717, 1.165) is 5.69 Å². The zero-order valence-corrected chi connectivity index (χ0v) is 15.0. The first-order chi connectivity index (χ1) is 12.5. The molecule has 0 aliphatic rings. The third-order valence-electron chi connectivity index (χ3n) is 4.18. The van der Waals surface area contributed by atoms with Gasteiger partial charge in [0, 0.05) is 11.8 Å². The summed E-state index contributed by atoms with van der Waals surface area (Å²) in [6, 6.07) is 11.5. The zero-order valence-electron chi connectivity index (χ0n) is 15.0. The summed E-state index contributed by atoms with van der Waals surface area (Å²) in [5.74, 6) is 0.0848.